The van der Waals surface area contributed by atoms with Crippen molar-refractivity contribution >= 4 is 5.91 Å². The van der Waals surface area contributed by atoms with Crippen LogP contribution in [0.25, 0.3) is 0 Å². The van der Waals surface area contributed by atoms with E-state index >= 15 is 0 Å². The number of carbonyl (C=O) groups excluding carboxylic acids is 1. The van der Waals surface area contributed by atoms with Gasteiger partial charge in [0.1, 0.15) is 6.33 Å². The third-order valence-electron chi connectivity index (χ3n) is 1.36. The molecule has 1 N–H and O–H groups in total. The van der Waals surface area contributed by atoms with Crippen molar-refractivity contribution in [3.05, 3.63) is 30.9 Å². The first kappa shape index (κ1) is 8.67. The summed E-state index contributed by atoms with van der Waals surface area (Å²) < 4.78 is 1.40. The lowest BCUT2D eigenvalue weighted by molar-refractivity contribution is 0.0917. The topological polar surface area (TPSA) is 55.1 Å². The smallest absolute Gasteiger partial charge is 0.235 e. The van der Waals surface area contributed by atoms with E-state index in [0.717, 1.165) is 0 Å². The Hall–Kier alpha value is -1.42. The van der Waals surface area contributed by atoms with E-state index in [1.165, 1.54) is 17.0 Å². The Morgan fingerprint density at radius 2 is 2.42 bits per heavy atom. The fraction of sp³-hybridized carbons (Fsp3) is 0.250. The highest BCUT2D eigenvalue weighted by molar-refractivity contribution is 5.79. The average molecular weight is 166 g/mol. The summed E-state index contributed by atoms with van der Waals surface area (Å²) >= 11 is 0. The summed E-state index contributed by atoms with van der Waals surface area (Å²) in [6.07, 6.45) is 8.05. The lowest BCUT2D eigenvalue weighted by Crippen LogP contribution is -2.06. The van der Waals surface area contributed by atoms with E-state index in [-0.39, 0.29) is 18.9 Å². The van der Waals surface area contributed by atoms with E-state index in [0.29, 0.717) is 0 Å². The highest BCUT2D eigenvalue weighted by atomic mass is 16.2. The van der Waals surface area contributed by atoms with Crippen LogP contribution in [0.2, 0.25) is 0 Å². The van der Waals surface area contributed by atoms with E-state index in [1.54, 1.807) is 18.5 Å². The summed E-state index contributed by atoms with van der Waals surface area (Å²) in [6, 6.07) is 0. The number of hydrogen-bond donors (Lipinski definition) is 1. The molecule has 0 atom stereocenters. The number of imidazole rings is 1. The predicted octanol–water partition coefficient (Wildman–Crippen LogP) is 0.462. The molecule has 12 heavy (non-hydrogen) atoms. The lowest BCUT2D eigenvalue weighted by atomic mass is 10.3. The second kappa shape index (κ2) is 4.46. The second-order valence-electron chi connectivity index (χ2n) is 2.22. The van der Waals surface area contributed by atoms with Crippen LogP contribution in [0.1, 0.15) is 11.2 Å². The first-order valence-electron chi connectivity index (χ1n) is 3.61. The number of rotatable bonds is 3. The first-order chi connectivity index (χ1) is 5.84. The number of nitrogens with zero attached hydrogens (tertiary/aromatic N) is 2. The summed E-state index contributed by atoms with van der Waals surface area (Å²) in [7, 11) is 0. The molecule has 0 aliphatic rings. The van der Waals surface area contributed by atoms with Gasteiger partial charge in [0.15, 0.2) is 0 Å². The molecule has 1 heterocycles. The van der Waals surface area contributed by atoms with Crippen LogP contribution in [0.4, 0.5) is 0 Å². The molecule has 4 heteroatoms. The van der Waals surface area contributed by atoms with Crippen molar-refractivity contribution in [2.45, 2.75) is 6.42 Å². The number of allylic oxidation sites excluding steroid dienone is 1. The van der Waals surface area contributed by atoms with Crippen molar-refractivity contribution in [3.63, 3.8) is 0 Å². The molecule has 0 aromatic carbocycles. The fourth-order valence-corrected chi connectivity index (χ4v) is 0.771. The number of hydrogen-bond acceptors (Lipinski definition) is 3. The minimum Gasteiger partial charge on any atom is -0.392 e. The minimum absolute atomic E-state index is 0.0305. The molecule has 1 aromatic heterocycles. The second-order valence-corrected chi connectivity index (χ2v) is 2.22. The maximum Gasteiger partial charge on any atom is 0.235 e. The molecule has 0 spiro atoms. The molecule has 0 saturated carbocycles. The Kier molecular flexibility index (Phi) is 3.22. The molecule has 1 rings (SSSR count). The van der Waals surface area contributed by atoms with E-state index in [9.17, 15) is 4.79 Å². The molecule has 0 aliphatic carbocycles. The van der Waals surface area contributed by atoms with Gasteiger partial charge in [0.25, 0.3) is 0 Å². The van der Waals surface area contributed by atoms with Crippen molar-refractivity contribution < 1.29 is 9.90 Å². The molecule has 0 saturated heterocycles. The summed E-state index contributed by atoms with van der Waals surface area (Å²) in [5.41, 5.74) is 0. The van der Waals surface area contributed by atoms with Crippen molar-refractivity contribution in [1.82, 2.24) is 9.55 Å². The number of aliphatic hydroxyl groups is 1. The van der Waals surface area contributed by atoms with Crippen LogP contribution in [0.5, 0.6) is 0 Å². The van der Waals surface area contributed by atoms with Crippen molar-refractivity contribution in [1.29, 1.82) is 0 Å². The molecule has 0 fully saturated rings. The minimum atomic E-state index is -0.0581. The Bertz CT molecular complexity index is 265. The summed E-state index contributed by atoms with van der Waals surface area (Å²) in [6.45, 7) is -0.0305. The van der Waals surface area contributed by atoms with Crippen LogP contribution in [-0.2, 0) is 0 Å². The van der Waals surface area contributed by atoms with E-state index in [4.69, 9.17) is 5.11 Å². The summed E-state index contributed by atoms with van der Waals surface area (Å²) in [4.78, 5) is 14.9. The molecule has 0 amide bonds. The zero-order chi connectivity index (χ0) is 8.81. The maximum absolute atomic E-state index is 11.2. The van der Waals surface area contributed by atoms with Gasteiger partial charge in [0.2, 0.25) is 5.91 Å². The summed E-state index contributed by atoms with van der Waals surface area (Å²) in [5.74, 6) is -0.0581. The van der Waals surface area contributed by atoms with Gasteiger partial charge in [0.05, 0.1) is 6.61 Å². The molecule has 0 aliphatic heterocycles. The zero-order valence-electron chi connectivity index (χ0n) is 6.55. The van der Waals surface area contributed by atoms with Crippen LogP contribution in [0.3, 0.4) is 0 Å². The highest BCUT2D eigenvalue weighted by Gasteiger charge is 1.98. The van der Waals surface area contributed by atoms with E-state index in [2.05, 4.69) is 4.98 Å². The van der Waals surface area contributed by atoms with Crippen LogP contribution in [0.15, 0.2) is 30.9 Å². The standard InChI is InChI=1S/C8H10N2O2/c11-6-2-1-3-8(12)10-5-4-9-7-10/h1-2,4-5,7,11H,3,6H2. The van der Waals surface area contributed by atoms with Gasteiger partial charge in [-0.1, -0.05) is 12.2 Å². The van der Waals surface area contributed by atoms with Crippen molar-refractivity contribution in [3.8, 4) is 0 Å². The average Bonchev–Trinajstić information content (AvgIpc) is 2.56. The molecule has 0 bridgehead atoms. The number of aliphatic hydroxyl groups excluding tert-OH is 1. The van der Waals surface area contributed by atoms with Crippen LogP contribution in [0, 0.1) is 0 Å². The van der Waals surface area contributed by atoms with Crippen molar-refractivity contribution in [2.75, 3.05) is 6.61 Å². The van der Waals surface area contributed by atoms with Crippen LogP contribution < -0.4 is 0 Å². The Balaban J connectivity index is 2.45. The third kappa shape index (κ3) is 2.32. The van der Waals surface area contributed by atoms with E-state index < -0.39 is 0 Å². The predicted molar refractivity (Wildman–Crippen MR) is 43.7 cm³/mol. The Labute approximate surface area is 70.2 Å². The van der Waals surface area contributed by atoms with Gasteiger partial charge in [0, 0.05) is 18.8 Å². The maximum atomic E-state index is 11.2. The molecular weight excluding hydrogens is 156 g/mol. The van der Waals surface area contributed by atoms with Crippen LogP contribution in [-0.4, -0.2) is 27.2 Å². The van der Waals surface area contributed by atoms with Gasteiger partial charge < -0.3 is 5.11 Å². The van der Waals surface area contributed by atoms with Gasteiger partial charge in [-0.05, 0) is 0 Å². The fourth-order valence-electron chi connectivity index (χ4n) is 0.771. The van der Waals surface area contributed by atoms with Crippen LogP contribution >= 0.6 is 0 Å². The molecular formula is C8H10N2O2. The van der Waals surface area contributed by atoms with Crippen molar-refractivity contribution in [2.24, 2.45) is 0 Å². The van der Waals surface area contributed by atoms with Gasteiger partial charge in [-0.2, -0.15) is 0 Å². The van der Waals surface area contributed by atoms with Gasteiger partial charge in [-0.15, -0.1) is 0 Å². The number of aromatic nitrogens is 2. The van der Waals surface area contributed by atoms with Gasteiger partial charge in [-0.25, -0.2) is 4.98 Å². The monoisotopic (exact) mass is 166 g/mol. The quantitative estimate of drug-likeness (QED) is 0.664. The van der Waals surface area contributed by atoms with E-state index in [1.807, 2.05) is 0 Å². The van der Waals surface area contributed by atoms with Gasteiger partial charge >= 0.3 is 0 Å². The molecule has 1 aromatic rings. The highest BCUT2D eigenvalue weighted by Crippen LogP contribution is 1.92. The largest absolute Gasteiger partial charge is 0.392 e. The Morgan fingerprint density at radius 1 is 1.58 bits per heavy atom. The van der Waals surface area contributed by atoms with Gasteiger partial charge in [-0.3, -0.25) is 9.36 Å². The third-order valence-corrected chi connectivity index (χ3v) is 1.36. The SMILES string of the molecule is O=C(CC=CCO)n1ccnc1. The zero-order valence-corrected chi connectivity index (χ0v) is 6.55. The Morgan fingerprint density at radius 3 is 3.00 bits per heavy atom. The summed E-state index contributed by atoms with van der Waals surface area (Å²) in [5, 5.41) is 8.39. The molecule has 0 unspecified atom stereocenters. The molecule has 0 radical (unpaired) electrons. The number of carbonyl (C=O) groups is 1. The first-order valence-corrected chi connectivity index (χ1v) is 3.61. The lowest BCUT2D eigenvalue weighted by Gasteiger charge is -1.94. The normalized spacial score (nSPS) is 10.8. The molecule has 64 valence electrons. The molecule has 4 nitrogen and oxygen atoms in total.